The Kier molecular flexibility index (Phi) is 4.55. The van der Waals surface area contributed by atoms with Gasteiger partial charge in [-0.3, -0.25) is 9.69 Å². The number of carbonyl (C=O) groups excluding carboxylic acids is 1. The van der Waals surface area contributed by atoms with E-state index in [4.69, 9.17) is 0 Å². The van der Waals surface area contributed by atoms with Crippen LogP contribution in [0.5, 0.6) is 0 Å². The molecule has 3 rings (SSSR count). The SMILES string of the molecule is Cc1csc(CN2CCN(C(=O)c3ccccc3C)CC2)n1. The van der Waals surface area contributed by atoms with Crippen LogP contribution in [0, 0.1) is 13.8 Å². The van der Waals surface area contributed by atoms with E-state index in [1.165, 1.54) is 0 Å². The summed E-state index contributed by atoms with van der Waals surface area (Å²) in [6, 6.07) is 7.82. The molecule has 1 aromatic heterocycles. The van der Waals surface area contributed by atoms with Gasteiger partial charge in [-0.05, 0) is 25.5 Å². The van der Waals surface area contributed by atoms with Crippen molar-refractivity contribution in [2.45, 2.75) is 20.4 Å². The molecule has 0 saturated carbocycles. The normalized spacial score (nSPS) is 16.0. The minimum absolute atomic E-state index is 0.155. The molecule has 0 aliphatic carbocycles. The molecule has 0 radical (unpaired) electrons. The molecule has 116 valence electrons. The van der Waals surface area contributed by atoms with Gasteiger partial charge in [0, 0.05) is 42.8 Å². The molecule has 1 fully saturated rings. The van der Waals surface area contributed by atoms with Crippen molar-refractivity contribution in [3.8, 4) is 0 Å². The summed E-state index contributed by atoms with van der Waals surface area (Å²) >= 11 is 1.72. The first-order valence-electron chi connectivity index (χ1n) is 7.62. The van der Waals surface area contributed by atoms with Crippen LogP contribution in [0.3, 0.4) is 0 Å². The van der Waals surface area contributed by atoms with E-state index in [0.29, 0.717) is 0 Å². The van der Waals surface area contributed by atoms with Crippen molar-refractivity contribution in [1.82, 2.24) is 14.8 Å². The molecule has 1 aliphatic heterocycles. The van der Waals surface area contributed by atoms with Gasteiger partial charge in [-0.15, -0.1) is 11.3 Å². The second-order valence-corrected chi connectivity index (χ2v) is 6.71. The second kappa shape index (κ2) is 6.58. The Morgan fingerprint density at radius 1 is 1.18 bits per heavy atom. The highest BCUT2D eigenvalue weighted by Crippen LogP contribution is 2.16. The highest BCUT2D eigenvalue weighted by Gasteiger charge is 2.23. The summed E-state index contributed by atoms with van der Waals surface area (Å²) in [7, 11) is 0. The molecule has 5 heteroatoms. The standard InChI is InChI=1S/C17H21N3OS/c1-13-5-3-4-6-15(13)17(21)20-9-7-19(8-10-20)11-16-18-14(2)12-22-16/h3-6,12H,7-11H2,1-2H3. The van der Waals surface area contributed by atoms with Crippen LogP contribution < -0.4 is 0 Å². The van der Waals surface area contributed by atoms with Gasteiger partial charge in [-0.25, -0.2) is 4.98 Å². The molecule has 22 heavy (non-hydrogen) atoms. The summed E-state index contributed by atoms with van der Waals surface area (Å²) in [5.74, 6) is 0.155. The Labute approximate surface area is 135 Å². The van der Waals surface area contributed by atoms with Crippen molar-refractivity contribution in [2.75, 3.05) is 26.2 Å². The summed E-state index contributed by atoms with van der Waals surface area (Å²) in [4.78, 5) is 21.4. The molecular formula is C17H21N3OS. The van der Waals surface area contributed by atoms with Crippen molar-refractivity contribution < 1.29 is 4.79 Å². The van der Waals surface area contributed by atoms with E-state index in [1.807, 2.05) is 43.0 Å². The van der Waals surface area contributed by atoms with Gasteiger partial charge in [0.05, 0.1) is 6.54 Å². The van der Waals surface area contributed by atoms with E-state index in [9.17, 15) is 4.79 Å². The number of piperazine rings is 1. The molecule has 0 atom stereocenters. The fourth-order valence-corrected chi connectivity index (χ4v) is 3.57. The monoisotopic (exact) mass is 315 g/mol. The van der Waals surface area contributed by atoms with Gasteiger partial charge in [0.15, 0.2) is 0 Å². The van der Waals surface area contributed by atoms with E-state index in [2.05, 4.69) is 15.3 Å². The van der Waals surface area contributed by atoms with Gasteiger partial charge in [0.1, 0.15) is 5.01 Å². The Hall–Kier alpha value is -1.72. The van der Waals surface area contributed by atoms with E-state index >= 15 is 0 Å². The third kappa shape index (κ3) is 3.36. The maximum absolute atomic E-state index is 12.6. The lowest BCUT2D eigenvalue weighted by molar-refractivity contribution is 0.0627. The molecule has 2 heterocycles. The lowest BCUT2D eigenvalue weighted by atomic mass is 10.1. The molecule has 1 aliphatic rings. The topological polar surface area (TPSA) is 36.4 Å². The Bertz CT molecular complexity index is 659. The van der Waals surface area contributed by atoms with E-state index in [-0.39, 0.29) is 5.91 Å². The maximum atomic E-state index is 12.6. The molecule has 1 amide bonds. The minimum Gasteiger partial charge on any atom is -0.336 e. The number of aromatic nitrogens is 1. The number of rotatable bonds is 3. The molecule has 1 saturated heterocycles. The summed E-state index contributed by atoms with van der Waals surface area (Å²) in [5.41, 5.74) is 2.97. The molecule has 0 bridgehead atoms. The first-order valence-corrected chi connectivity index (χ1v) is 8.50. The molecule has 0 spiro atoms. The zero-order valence-corrected chi connectivity index (χ0v) is 13.9. The Morgan fingerprint density at radius 2 is 1.91 bits per heavy atom. The third-order valence-corrected chi connectivity index (χ3v) is 5.01. The van der Waals surface area contributed by atoms with Gasteiger partial charge >= 0.3 is 0 Å². The van der Waals surface area contributed by atoms with Crippen molar-refractivity contribution >= 4 is 17.2 Å². The number of thiazole rings is 1. The van der Waals surface area contributed by atoms with Crippen molar-refractivity contribution in [1.29, 1.82) is 0 Å². The zero-order chi connectivity index (χ0) is 15.5. The van der Waals surface area contributed by atoms with Crippen LogP contribution in [0.15, 0.2) is 29.6 Å². The minimum atomic E-state index is 0.155. The largest absolute Gasteiger partial charge is 0.336 e. The fraction of sp³-hybridized carbons (Fsp3) is 0.412. The fourth-order valence-electron chi connectivity index (χ4n) is 2.76. The second-order valence-electron chi connectivity index (χ2n) is 5.77. The lowest BCUT2D eigenvalue weighted by Gasteiger charge is -2.34. The quantitative estimate of drug-likeness (QED) is 0.874. The van der Waals surface area contributed by atoms with Gasteiger partial charge in [0.2, 0.25) is 0 Å². The van der Waals surface area contributed by atoms with Crippen LogP contribution in [-0.2, 0) is 6.54 Å². The Morgan fingerprint density at radius 3 is 2.55 bits per heavy atom. The van der Waals surface area contributed by atoms with E-state index < -0.39 is 0 Å². The van der Waals surface area contributed by atoms with Crippen molar-refractivity contribution in [2.24, 2.45) is 0 Å². The number of nitrogens with zero attached hydrogens (tertiary/aromatic N) is 3. The predicted molar refractivity (Wildman–Crippen MR) is 89.2 cm³/mol. The van der Waals surface area contributed by atoms with Crippen LogP contribution in [0.25, 0.3) is 0 Å². The first kappa shape index (κ1) is 15.2. The van der Waals surface area contributed by atoms with Crippen LogP contribution in [-0.4, -0.2) is 46.9 Å². The third-order valence-electron chi connectivity index (χ3n) is 4.06. The van der Waals surface area contributed by atoms with E-state index in [1.54, 1.807) is 11.3 Å². The van der Waals surface area contributed by atoms with Crippen LogP contribution in [0.2, 0.25) is 0 Å². The maximum Gasteiger partial charge on any atom is 0.254 e. The average Bonchev–Trinajstić information content (AvgIpc) is 2.93. The van der Waals surface area contributed by atoms with Crippen LogP contribution in [0.1, 0.15) is 26.6 Å². The van der Waals surface area contributed by atoms with E-state index in [0.717, 1.165) is 54.6 Å². The highest BCUT2D eigenvalue weighted by atomic mass is 32.1. The van der Waals surface area contributed by atoms with Gasteiger partial charge in [-0.2, -0.15) is 0 Å². The summed E-state index contributed by atoms with van der Waals surface area (Å²) in [6.45, 7) is 8.32. The van der Waals surface area contributed by atoms with Gasteiger partial charge in [-0.1, -0.05) is 18.2 Å². The number of amides is 1. The Balaban J connectivity index is 1.57. The average molecular weight is 315 g/mol. The number of aryl methyl sites for hydroxylation is 2. The predicted octanol–water partition coefficient (Wildman–Crippen LogP) is 2.72. The lowest BCUT2D eigenvalue weighted by Crippen LogP contribution is -2.48. The summed E-state index contributed by atoms with van der Waals surface area (Å²) in [5, 5.41) is 3.25. The number of hydrogen-bond acceptors (Lipinski definition) is 4. The number of hydrogen-bond donors (Lipinski definition) is 0. The molecule has 1 aromatic carbocycles. The smallest absolute Gasteiger partial charge is 0.254 e. The van der Waals surface area contributed by atoms with Crippen LogP contribution in [0.4, 0.5) is 0 Å². The molecule has 0 N–H and O–H groups in total. The highest BCUT2D eigenvalue weighted by molar-refractivity contribution is 7.09. The number of carbonyl (C=O) groups is 1. The molecule has 4 nitrogen and oxygen atoms in total. The zero-order valence-electron chi connectivity index (χ0n) is 13.1. The summed E-state index contributed by atoms with van der Waals surface area (Å²) in [6.07, 6.45) is 0. The van der Waals surface area contributed by atoms with Gasteiger partial charge in [0.25, 0.3) is 5.91 Å². The van der Waals surface area contributed by atoms with Crippen molar-refractivity contribution in [3.05, 3.63) is 51.5 Å². The number of benzene rings is 1. The van der Waals surface area contributed by atoms with Crippen LogP contribution >= 0.6 is 11.3 Å². The molecular weight excluding hydrogens is 294 g/mol. The molecule has 2 aromatic rings. The first-order chi connectivity index (χ1) is 10.6. The molecule has 0 unspecified atom stereocenters. The van der Waals surface area contributed by atoms with Crippen molar-refractivity contribution in [3.63, 3.8) is 0 Å². The van der Waals surface area contributed by atoms with Gasteiger partial charge < -0.3 is 4.90 Å². The summed E-state index contributed by atoms with van der Waals surface area (Å²) < 4.78 is 0.